The molecule has 0 bridgehead atoms. The standard InChI is InChI=1S/C25H19ClN2O3/c1-15-24(16(2)28(27-15)14-17-7-3-5-9-21(17)26)25(29)30-18-11-12-23-20(13-18)19-8-4-6-10-22(19)31-23/h3-13H,14H2,1-2H3. The third-order valence-corrected chi connectivity index (χ3v) is 5.79. The van der Waals surface area contributed by atoms with E-state index in [2.05, 4.69) is 5.10 Å². The van der Waals surface area contributed by atoms with Gasteiger partial charge in [-0.15, -0.1) is 0 Å². The molecule has 0 amide bonds. The number of benzene rings is 3. The van der Waals surface area contributed by atoms with Gasteiger partial charge in [0.05, 0.1) is 17.9 Å². The Kier molecular flexibility index (Phi) is 4.75. The molecule has 3 aromatic carbocycles. The Morgan fingerprint density at radius 2 is 1.74 bits per heavy atom. The van der Waals surface area contributed by atoms with Crippen molar-refractivity contribution in [2.24, 2.45) is 0 Å². The van der Waals surface area contributed by atoms with E-state index in [1.54, 1.807) is 17.7 Å². The van der Waals surface area contributed by atoms with E-state index in [1.807, 2.05) is 67.6 Å². The molecule has 0 saturated carbocycles. The molecule has 0 aliphatic carbocycles. The molecule has 2 aromatic heterocycles. The number of carbonyl (C=O) groups is 1. The Bertz CT molecular complexity index is 1450. The molecular formula is C25H19ClN2O3. The van der Waals surface area contributed by atoms with Crippen LogP contribution in [0.25, 0.3) is 21.9 Å². The fraction of sp³-hybridized carbons (Fsp3) is 0.120. The van der Waals surface area contributed by atoms with Gasteiger partial charge >= 0.3 is 5.97 Å². The molecule has 0 saturated heterocycles. The molecule has 154 valence electrons. The van der Waals surface area contributed by atoms with E-state index < -0.39 is 5.97 Å². The molecule has 0 unspecified atom stereocenters. The molecule has 5 aromatic rings. The molecule has 0 aliphatic rings. The van der Waals surface area contributed by atoms with Gasteiger partial charge in [-0.1, -0.05) is 48.0 Å². The van der Waals surface area contributed by atoms with E-state index in [1.165, 1.54) is 0 Å². The SMILES string of the molecule is Cc1nn(Cc2ccccc2Cl)c(C)c1C(=O)Oc1ccc2oc3ccccc3c2c1. The Labute approximate surface area is 183 Å². The molecule has 5 nitrogen and oxygen atoms in total. The predicted octanol–water partition coefficient (Wildman–Crippen LogP) is 6.32. The summed E-state index contributed by atoms with van der Waals surface area (Å²) in [4.78, 5) is 13.0. The topological polar surface area (TPSA) is 57.3 Å². The van der Waals surface area contributed by atoms with Crippen molar-refractivity contribution in [3.8, 4) is 5.75 Å². The van der Waals surface area contributed by atoms with Crippen molar-refractivity contribution in [3.63, 3.8) is 0 Å². The first-order valence-electron chi connectivity index (χ1n) is 9.92. The van der Waals surface area contributed by atoms with E-state index in [9.17, 15) is 4.79 Å². The molecule has 0 spiro atoms. The third-order valence-electron chi connectivity index (χ3n) is 5.42. The maximum atomic E-state index is 13.0. The van der Waals surface area contributed by atoms with E-state index in [4.69, 9.17) is 20.8 Å². The van der Waals surface area contributed by atoms with Gasteiger partial charge in [0.15, 0.2) is 0 Å². The molecule has 0 fully saturated rings. The zero-order valence-corrected chi connectivity index (χ0v) is 17.8. The number of carbonyl (C=O) groups excluding carboxylic acids is 1. The number of ether oxygens (including phenoxy) is 1. The Balaban J connectivity index is 1.45. The van der Waals surface area contributed by atoms with Gasteiger partial charge in [0, 0.05) is 15.8 Å². The van der Waals surface area contributed by atoms with Gasteiger partial charge in [0.1, 0.15) is 22.5 Å². The summed E-state index contributed by atoms with van der Waals surface area (Å²) < 4.78 is 13.3. The van der Waals surface area contributed by atoms with Crippen molar-refractivity contribution < 1.29 is 13.9 Å². The van der Waals surface area contributed by atoms with Crippen LogP contribution in [0.5, 0.6) is 5.75 Å². The first kappa shape index (κ1) is 19.4. The number of hydrogen-bond donors (Lipinski definition) is 0. The van der Waals surface area contributed by atoms with Crippen LogP contribution in [-0.2, 0) is 6.54 Å². The number of halogens is 1. The van der Waals surface area contributed by atoms with Crippen molar-refractivity contribution in [2.75, 3.05) is 0 Å². The van der Waals surface area contributed by atoms with Crippen molar-refractivity contribution >= 4 is 39.5 Å². The number of esters is 1. The quantitative estimate of drug-likeness (QED) is 0.247. The highest BCUT2D eigenvalue weighted by atomic mass is 35.5. The summed E-state index contributed by atoms with van der Waals surface area (Å²) in [6.07, 6.45) is 0. The maximum Gasteiger partial charge on any atom is 0.347 e. The summed E-state index contributed by atoms with van der Waals surface area (Å²) in [5.74, 6) is 0.0225. The van der Waals surface area contributed by atoms with Gasteiger partial charge in [-0.25, -0.2) is 4.79 Å². The Morgan fingerprint density at radius 1 is 1.00 bits per heavy atom. The molecule has 5 rings (SSSR count). The lowest BCUT2D eigenvalue weighted by atomic mass is 10.1. The lowest BCUT2D eigenvalue weighted by Crippen LogP contribution is -2.11. The summed E-state index contributed by atoms with van der Waals surface area (Å²) >= 11 is 6.28. The smallest absolute Gasteiger partial charge is 0.347 e. The van der Waals surface area contributed by atoms with Crippen LogP contribution >= 0.6 is 11.6 Å². The number of rotatable bonds is 4. The van der Waals surface area contributed by atoms with Crippen LogP contribution in [0.3, 0.4) is 0 Å². The number of aromatic nitrogens is 2. The normalized spacial score (nSPS) is 11.3. The number of hydrogen-bond acceptors (Lipinski definition) is 4. The highest BCUT2D eigenvalue weighted by Crippen LogP contribution is 2.31. The molecule has 0 N–H and O–H groups in total. The Hall–Kier alpha value is -3.57. The molecule has 6 heteroatoms. The van der Waals surface area contributed by atoms with Gasteiger partial charge in [-0.3, -0.25) is 4.68 Å². The zero-order chi connectivity index (χ0) is 21.5. The lowest BCUT2D eigenvalue weighted by Gasteiger charge is -2.08. The zero-order valence-electron chi connectivity index (χ0n) is 17.1. The van der Waals surface area contributed by atoms with Crippen LogP contribution in [0.2, 0.25) is 5.02 Å². The van der Waals surface area contributed by atoms with Gasteiger partial charge in [0.2, 0.25) is 0 Å². The fourth-order valence-electron chi connectivity index (χ4n) is 3.86. The molecule has 2 heterocycles. The maximum absolute atomic E-state index is 13.0. The number of nitrogens with zero attached hydrogens (tertiary/aromatic N) is 2. The van der Waals surface area contributed by atoms with Gasteiger partial charge < -0.3 is 9.15 Å². The molecular weight excluding hydrogens is 412 g/mol. The van der Waals surface area contributed by atoms with E-state index in [0.717, 1.165) is 33.2 Å². The predicted molar refractivity (Wildman–Crippen MR) is 121 cm³/mol. The van der Waals surface area contributed by atoms with Crippen molar-refractivity contribution in [1.82, 2.24) is 9.78 Å². The summed E-state index contributed by atoms with van der Waals surface area (Å²) in [6, 6.07) is 20.8. The summed E-state index contributed by atoms with van der Waals surface area (Å²) in [7, 11) is 0. The third kappa shape index (κ3) is 3.47. The molecule has 0 aliphatic heterocycles. The lowest BCUT2D eigenvalue weighted by molar-refractivity contribution is 0.0733. The van der Waals surface area contributed by atoms with E-state index in [-0.39, 0.29) is 0 Å². The van der Waals surface area contributed by atoms with E-state index >= 15 is 0 Å². The average Bonchev–Trinajstić information content (AvgIpc) is 3.26. The number of para-hydroxylation sites is 1. The fourth-order valence-corrected chi connectivity index (χ4v) is 4.06. The first-order valence-corrected chi connectivity index (χ1v) is 10.3. The second-order valence-electron chi connectivity index (χ2n) is 7.44. The minimum atomic E-state index is -0.437. The summed E-state index contributed by atoms with van der Waals surface area (Å²) in [5, 5.41) is 7.09. The number of fused-ring (bicyclic) bond motifs is 3. The van der Waals surface area contributed by atoms with E-state index in [0.29, 0.717) is 28.6 Å². The highest BCUT2D eigenvalue weighted by Gasteiger charge is 2.21. The van der Waals surface area contributed by atoms with Gasteiger partial charge in [0.25, 0.3) is 0 Å². The van der Waals surface area contributed by atoms with Crippen molar-refractivity contribution in [2.45, 2.75) is 20.4 Å². The van der Waals surface area contributed by atoms with Crippen LogP contribution in [0.4, 0.5) is 0 Å². The highest BCUT2D eigenvalue weighted by molar-refractivity contribution is 6.31. The van der Waals surface area contributed by atoms with Crippen LogP contribution < -0.4 is 4.74 Å². The number of aryl methyl sites for hydroxylation is 1. The Morgan fingerprint density at radius 3 is 2.58 bits per heavy atom. The second kappa shape index (κ2) is 7.60. The minimum Gasteiger partial charge on any atom is -0.456 e. The summed E-state index contributed by atoms with van der Waals surface area (Å²) in [6.45, 7) is 4.15. The van der Waals surface area contributed by atoms with Crippen LogP contribution in [0.15, 0.2) is 71.1 Å². The van der Waals surface area contributed by atoms with Crippen molar-refractivity contribution in [3.05, 3.63) is 94.3 Å². The van der Waals surface area contributed by atoms with Gasteiger partial charge in [-0.2, -0.15) is 5.10 Å². The number of furan rings is 1. The van der Waals surface area contributed by atoms with Crippen LogP contribution in [0, 0.1) is 13.8 Å². The van der Waals surface area contributed by atoms with Crippen LogP contribution in [-0.4, -0.2) is 15.7 Å². The minimum absolute atomic E-state index is 0.437. The van der Waals surface area contributed by atoms with Crippen LogP contribution in [0.1, 0.15) is 27.3 Å². The molecule has 31 heavy (non-hydrogen) atoms. The summed E-state index contributed by atoms with van der Waals surface area (Å²) in [5.41, 5.74) is 4.30. The first-order chi connectivity index (χ1) is 15.0. The second-order valence-corrected chi connectivity index (χ2v) is 7.85. The average molecular weight is 431 g/mol. The largest absolute Gasteiger partial charge is 0.456 e. The molecule has 0 radical (unpaired) electrons. The molecule has 0 atom stereocenters. The van der Waals surface area contributed by atoms with Gasteiger partial charge in [-0.05, 0) is 49.7 Å². The van der Waals surface area contributed by atoms with Crippen molar-refractivity contribution in [1.29, 1.82) is 0 Å². The monoisotopic (exact) mass is 430 g/mol.